The van der Waals surface area contributed by atoms with Gasteiger partial charge in [0.25, 0.3) is 5.91 Å². The van der Waals surface area contributed by atoms with E-state index in [-0.39, 0.29) is 29.0 Å². The van der Waals surface area contributed by atoms with Gasteiger partial charge < -0.3 is 14.7 Å². The Bertz CT molecular complexity index is 1210. The van der Waals surface area contributed by atoms with Gasteiger partial charge >= 0.3 is 12.1 Å². The molecule has 0 aliphatic heterocycles. The molecule has 4 rings (SSSR count). The quantitative estimate of drug-likeness (QED) is 0.506. The molecule has 1 aliphatic carbocycles. The van der Waals surface area contributed by atoms with Crippen LogP contribution >= 0.6 is 11.3 Å². The number of carboxylic acids is 1. The Hall–Kier alpha value is -3.72. The van der Waals surface area contributed by atoms with Gasteiger partial charge in [-0.05, 0) is 35.6 Å². The minimum atomic E-state index is -1.07. The van der Waals surface area contributed by atoms with Crippen LogP contribution in [0.5, 0.6) is 0 Å². The fourth-order valence-electron chi connectivity index (χ4n) is 4.29. The largest absolute Gasteiger partial charge is 0.480 e. The Morgan fingerprint density at radius 2 is 1.71 bits per heavy atom. The summed E-state index contributed by atoms with van der Waals surface area (Å²) < 4.78 is 5.53. The van der Waals surface area contributed by atoms with Crippen molar-refractivity contribution < 1.29 is 24.2 Å². The molecule has 0 saturated heterocycles. The smallest absolute Gasteiger partial charge is 0.413 e. The van der Waals surface area contributed by atoms with Crippen molar-refractivity contribution in [2.45, 2.75) is 32.2 Å². The molecule has 1 aromatic heterocycles. The predicted molar refractivity (Wildman–Crippen MR) is 129 cm³/mol. The van der Waals surface area contributed by atoms with Crippen molar-refractivity contribution in [3.05, 3.63) is 70.2 Å². The van der Waals surface area contributed by atoms with Crippen LogP contribution in [-0.4, -0.2) is 52.7 Å². The van der Waals surface area contributed by atoms with Crippen molar-refractivity contribution in [2.75, 3.05) is 19.0 Å². The molecule has 0 spiro atoms. The molecule has 1 heterocycles. The maximum atomic E-state index is 12.8. The molecule has 0 bridgehead atoms. The SMILES string of the molecule is CCC(C(=O)O)N(C)C(=O)c1sc(NC(=O)OCC2c3ccccc3-c3ccccc32)nc1C. The molecule has 1 unspecified atom stereocenters. The third kappa shape index (κ3) is 4.38. The molecule has 2 amide bonds. The molecule has 0 fully saturated rings. The lowest BCUT2D eigenvalue weighted by atomic mass is 9.98. The molecule has 2 N–H and O–H groups in total. The van der Waals surface area contributed by atoms with Gasteiger partial charge in [-0.25, -0.2) is 14.6 Å². The van der Waals surface area contributed by atoms with Crippen LogP contribution in [-0.2, 0) is 9.53 Å². The van der Waals surface area contributed by atoms with E-state index in [0.717, 1.165) is 33.6 Å². The van der Waals surface area contributed by atoms with Gasteiger partial charge in [-0.2, -0.15) is 0 Å². The van der Waals surface area contributed by atoms with Crippen molar-refractivity contribution >= 4 is 34.4 Å². The lowest BCUT2D eigenvalue weighted by Crippen LogP contribution is -2.41. The number of aryl methyl sites for hydroxylation is 1. The molecular weight excluding hydrogens is 454 g/mol. The third-order valence-corrected chi connectivity index (χ3v) is 7.06. The Kier molecular flexibility index (Phi) is 6.65. The van der Waals surface area contributed by atoms with Crippen LogP contribution in [0, 0.1) is 6.92 Å². The van der Waals surface area contributed by atoms with Gasteiger partial charge in [0.1, 0.15) is 17.5 Å². The third-order valence-electron chi connectivity index (χ3n) is 6.00. The number of anilines is 1. The van der Waals surface area contributed by atoms with Crippen LogP contribution in [0.3, 0.4) is 0 Å². The normalized spacial score (nSPS) is 13.0. The fraction of sp³-hybridized carbons (Fsp3) is 0.280. The zero-order valence-corrected chi connectivity index (χ0v) is 19.9. The number of ether oxygens (including phenoxy) is 1. The highest BCUT2D eigenvalue weighted by Crippen LogP contribution is 2.44. The van der Waals surface area contributed by atoms with Crippen molar-refractivity contribution in [3.63, 3.8) is 0 Å². The van der Waals surface area contributed by atoms with Gasteiger partial charge in [0.05, 0.1) is 5.69 Å². The first-order valence-corrected chi connectivity index (χ1v) is 11.7. The van der Waals surface area contributed by atoms with E-state index in [9.17, 15) is 19.5 Å². The Morgan fingerprint density at radius 1 is 1.12 bits per heavy atom. The number of benzene rings is 2. The van der Waals surface area contributed by atoms with Crippen LogP contribution in [0.2, 0.25) is 0 Å². The number of carbonyl (C=O) groups is 3. The van der Waals surface area contributed by atoms with E-state index in [1.807, 2.05) is 36.4 Å². The Balaban J connectivity index is 1.43. The zero-order chi connectivity index (χ0) is 24.4. The first-order chi connectivity index (χ1) is 16.3. The number of likely N-dealkylation sites (N-methyl/N-ethyl adjacent to an activating group) is 1. The molecule has 0 saturated carbocycles. The molecule has 1 aliphatic rings. The summed E-state index contributed by atoms with van der Waals surface area (Å²) in [5, 5.41) is 12.1. The number of hydrogen-bond donors (Lipinski definition) is 2. The fourth-order valence-corrected chi connectivity index (χ4v) is 5.22. The van der Waals surface area contributed by atoms with Gasteiger partial charge in [-0.3, -0.25) is 10.1 Å². The summed E-state index contributed by atoms with van der Waals surface area (Å²) >= 11 is 0.992. The Labute approximate surface area is 201 Å². The number of rotatable bonds is 7. The molecular formula is C25H25N3O5S. The molecule has 9 heteroatoms. The first kappa shape index (κ1) is 23.4. The van der Waals surface area contributed by atoms with Crippen molar-refractivity contribution in [1.29, 1.82) is 0 Å². The van der Waals surface area contributed by atoms with E-state index in [1.54, 1.807) is 13.8 Å². The number of amides is 2. The summed E-state index contributed by atoms with van der Waals surface area (Å²) in [5.74, 6) is -1.59. The van der Waals surface area contributed by atoms with Crippen LogP contribution in [0.1, 0.15) is 45.8 Å². The number of aromatic nitrogens is 1. The van der Waals surface area contributed by atoms with Gasteiger partial charge in [0.15, 0.2) is 5.13 Å². The summed E-state index contributed by atoms with van der Waals surface area (Å²) in [6, 6.07) is 15.2. The number of carbonyl (C=O) groups excluding carboxylic acids is 2. The minimum absolute atomic E-state index is 0.0658. The predicted octanol–water partition coefficient (Wildman–Crippen LogP) is 4.75. The number of carboxylic acid groups (broad SMARTS) is 1. The van der Waals surface area contributed by atoms with E-state index < -0.39 is 24.0 Å². The van der Waals surface area contributed by atoms with E-state index in [0.29, 0.717) is 5.69 Å². The molecule has 8 nitrogen and oxygen atoms in total. The maximum Gasteiger partial charge on any atom is 0.413 e. The minimum Gasteiger partial charge on any atom is -0.480 e. The second-order valence-electron chi connectivity index (χ2n) is 8.06. The highest BCUT2D eigenvalue weighted by molar-refractivity contribution is 7.17. The number of aliphatic carboxylic acids is 1. The van der Waals surface area contributed by atoms with Crippen LogP contribution < -0.4 is 5.32 Å². The number of thiazole rings is 1. The summed E-state index contributed by atoms with van der Waals surface area (Å²) in [6.07, 6.45) is -0.389. The summed E-state index contributed by atoms with van der Waals surface area (Å²) in [7, 11) is 1.45. The summed E-state index contributed by atoms with van der Waals surface area (Å²) in [6.45, 7) is 3.50. The lowest BCUT2D eigenvalue weighted by molar-refractivity contribution is -0.142. The molecule has 176 valence electrons. The van der Waals surface area contributed by atoms with Gasteiger partial charge in [0.2, 0.25) is 0 Å². The van der Waals surface area contributed by atoms with Crippen molar-refractivity contribution in [1.82, 2.24) is 9.88 Å². The molecule has 2 aromatic carbocycles. The highest BCUT2D eigenvalue weighted by atomic mass is 32.1. The van der Waals surface area contributed by atoms with Crippen LogP contribution in [0.25, 0.3) is 11.1 Å². The molecule has 0 radical (unpaired) electrons. The highest BCUT2D eigenvalue weighted by Gasteiger charge is 2.30. The standard InChI is InChI=1S/C25H25N3O5S/c1-4-20(23(30)31)28(3)22(29)21-14(2)26-24(34-21)27-25(32)33-13-19-17-11-7-5-9-15(17)16-10-6-8-12-18(16)19/h5-12,19-20H,4,13H2,1-3H3,(H,30,31)(H,26,27,32). The lowest BCUT2D eigenvalue weighted by Gasteiger charge is -2.23. The van der Waals surface area contributed by atoms with Crippen molar-refractivity contribution in [3.8, 4) is 11.1 Å². The van der Waals surface area contributed by atoms with Gasteiger partial charge in [-0.1, -0.05) is 66.8 Å². The van der Waals surface area contributed by atoms with Gasteiger partial charge in [0, 0.05) is 13.0 Å². The van der Waals surface area contributed by atoms with E-state index in [4.69, 9.17) is 4.74 Å². The van der Waals surface area contributed by atoms with E-state index in [1.165, 1.54) is 11.9 Å². The average Bonchev–Trinajstić information content (AvgIpc) is 3.34. The first-order valence-electron chi connectivity index (χ1n) is 10.9. The summed E-state index contributed by atoms with van der Waals surface area (Å²) in [5.41, 5.74) is 4.92. The average molecular weight is 480 g/mol. The second kappa shape index (κ2) is 9.64. The van der Waals surface area contributed by atoms with E-state index in [2.05, 4.69) is 22.4 Å². The topological polar surface area (TPSA) is 109 Å². The molecule has 34 heavy (non-hydrogen) atoms. The number of hydrogen-bond acceptors (Lipinski definition) is 6. The molecule has 1 atom stereocenters. The van der Waals surface area contributed by atoms with E-state index >= 15 is 0 Å². The number of nitrogens with one attached hydrogen (secondary N) is 1. The summed E-state index contributed by atoms with van der Waals surface area (Å²) in [4.78, 5) is 42.4. The zero-order valence-electron chi connectivity index (χ0n) is 19.1. The number of nitrogens with zero attached hydrogens (tertiary/aromatic N) is 2. The Morgan fingerprint density at radius 3 is 2.26 bits per heavy atom. The van der Waals surface area contributed by atoms with Crippen LogP contribution in [0.4, 0.5) is 9.93 Å². The van der Waals surface area contributed by atoms with Crippen LogP contribution in [0.15, 0.2) is 48.5 Å². The number of fused-ring (bicyclic) bond motifs is 3. The van der Waals surface area contributed by atoms with Crippen molar-refractivity contribution in [2.24, 2.45) is 0 Å². The van der Waals surface area contributed by atoms with Gasteiger partial charge in [-0.15, -0.1) is 0 Å². The molecule has 3 aromatic rings. The maximum absolute atomic E-state index is 12.8. The monoisotopic (exact) mass is 479 g/mol. The second-order valence-corrected chi connectivity index (χ2v) is 9.06.